The molecule has 0 amide bonds. The zero-order valence-corrected chi connectivity index (χ0v) is 10.4. The molecular formula is C12H17N5. The molecular weight excluding hydrogens is 214 g/mol. The molecule has 0 saturated carbocycles. The molecule has 1 atom stereocenters. The maximum atomic E-state index is 6.26. The van der Waals surface area contributed by atoms with Crippen LogP contribution in [0, 0.1) is 13.8 Å². The molecule has 0 saturated heterocycles. The monoisotopic (exact) mass is 231 g/mol. The van der Waals surface area contributed by atoms with Crippen LogP contribution >= 0.6 is 0 Å². The van der Waals surface area contributed by atoms with E-state index in [9.17, 15) is 0 Å². The van der Waals surface area contributed by atoms with E-state index in [4.69, 9.17) is 5.73 Å². The minimum absolute atomic E-state index is 0.251. The fourth-order valence-corrected chi connectivity index (χ4v) is 1.89. The smallest absolute Gasteiger partial charge is 0.130 e. The van der Waals surface area contributed by atoms with Crippen molar-refractivity contribution in [1.82, 2.24) is 19.7 Å². The first-order chi connectivity index (χ1) is 8.13. The summed E-state index contributed by atoms with van der Waals surface area (Å²) in [7, 11) is 0. The number of hydrogen-bond acceptors (Lipinski definition) is 4. The molecule has 0 aliphatic rings. The van der Waals surface area contributed by atoms with E-state index in [1.165, 1.54) is 0 Å². The quantitative estimate of drug-likeness (QED) is 0.865. The van der Waals surface area contributed by atoms with Gasteiger partial charge in [0.1, 0.15) is 5.82 Å². The number of nitrogens with zero attached hydrogens (tertiary/aromatic N) is 4. The minimum Gasteiger partial charge on any atom is -0.334 e. The maximum absolute atomic E-state index is 6.26. The molecule has 0 fully saturated rings. The highest BCUT2D eigenvalue weighted by atomic mass is 15.1. The van der Waals surface area contributed by atoms with Crippen LogP contribution in [0.4, 0.5) is 0 Å². The number of imidazole rings is 1. The molecule has 2 heterocycles. The average Bonchev–Trinajstić information content (AvgIpc) is 2.79. The third-order valence-electron chi connectivity index (χ3n) is 2.84. The predicted molar refractivity (Wildman–Crippen MR) is 65.4 cm³/mol. The molecule has 5 heteroatoms. The van der Waals surface area contributed by atoms with Crippen molar-refractivity contribution in [3.63, 3.8) is 0 Å². The first kappa shape index (κ1) is 11.7. The van der Waals surface area contributed by atoms with Crippen molar-refractivity contribution in [1.29, 1.82) is 0 Å². The Bertz CT molecular complexity index is 517. The van der Waals surface area contributed by atoms with Gasteiger partial charge in [-0.1, -0.05) is 0 Å². The summed E-state index contributed by atoms with van der Waals surface area (Å²) in [4.78, 5) is 4.32. The zero-order valence-electron chi connectivity index (χ0n) is 10.4. The predicted octanol–water partition coefficient (Wildman–Crippen LogP) is 1.36. The largest absolute Gasteiger partial charge is 0.334 e. The lowest BCUT2D eigenvalue weighted by Crippen LogP contribution is -2.19. The van der Waals surface area contributed by atoms with E-state index < -0.39 is 0 Å². The topological polar surface area (TPSA) is 69.6 Å². The summed E-state index contributed by atoms with van der Waals surface area (Å²) >= 11 is 0. The van der Waals surface area contributed by atoms with E-state index in [0.717, 1.165) is 29.3 Å². The zero-order chi connectivity index (χ0) is 12.4. The second-order valence-corrected chi connectivity index (χ2v) is 4.08. The van der Waals surface area contributed by atoms with Gasteiger partial charge in [0.2, 0.25) is 0 Å². The molecule has 0 radical (unpaired) electrons. The summed E-state index contributed by atoms with van der Waals surface area (Å²) in [6.07, 6.45) is 3.71. The molecule has 2 aromatic heterocycles. The molecule has 17 heavy (non-hydrogen) atoms. The van der Waals surface area contributed by atoms with Gasteiger partial charge < -0.3 is 10.3 Å². The first-order valence-electron chi connectivity index (χ1n) is 5.71. The Morgan fingerprint density at radius 1 is 1.35 bits per heavy atom. The summed E-state index contributed by atoms with van der Waals surface area (Å²) in [6.45, 7) is 6.76. The van der Waals surface area contributed by atoms with Gasteiger partial charge in [0.25, 0.3) is 0 Å². The number of hydrogen-bond donors (Lipinski definition) is 1. The van der Waals surface area contributed by atoms with Crippen molar-refractivity contribution >= 4 is 0 Å². The Morgan fingerprint density at radius 3 is 2.82 bits per heavy atom. The van der Waals surface area contributed by atoms with Crippen LogP contribution in [-0.2, 0) is 6.54 Å². The second kappa shape index (κ2) is 4.63. The minimum atomic E-state index is -0.251. The molecule has 5 nitrogen and oxygen atoms in total. The Hall–Kier alpha value is -1.75. The number of rotatable bonds is 3. The van der Waals surface area contributed by atoms with Crippen molar-refractivity contribution in [3.05, 3.63) is 41.2 Å². The molecule has 0 aliphatic carbocycles. The second-order valence-electron chi connectivity index (χ2n) is 4.08. The van der Waals surface area contributed by atoms with Gasteiger partial charge in [-0.2, -0.15) is 10.2 Å². The lowest BCUT2D eigenvalue weighted by molar-refractivity contribution is 0.650. The SMILES string of the molecule is CCn1ccnc1C(N)c1cc(C)nnc1C. The summed E-state index contributed by atoms with van der Waals surface area (Å²) in [6, 6.07) is 1.72. The van der Waals surface area contributed by atoms with Crippen LogP contribution in [0.1, 0.15) is 35.7 Å². The van der Waals surface area contributed by atoms with Crippen LogP contribution < -0.4 is 5.73 Å². The summed E-state index contributed by atoms with van der Waals surface area (Å²) in [5, 5.41) is 8.11. The molecule has 0 aromatic carbocycles. The molecule has 2 aromatic rings. The van der Waals surface area contributed by atoms with Crippen molar-refractivity contribution in [2.45, 2.75) is 33.4 Å². The average molecular weight is 231 g/mol. The molecule has 90 valence electrons. The van der Waals surface area contributed by atoms with Crippen LogP contribution in [0.3, 0.4) is 0 Å². The van der Waals surface area contributed by atoms with Gasteiger partial charge in [0.15, 0.2) is 0 Å². The van der Waals surface area contributed by atoms with E-state index in [0.29, 0.717) is 0 Å². The van der Waals surface area contributed by atoms with Crippen LogP contribution in [-0.4, -0.2) is 19.7 Å². The molecule has 0 aliphatic heterocycles. The lowest BCUT2D eigenvalue weighted by atomic mass is 10.1. The molecule has 2 rings (SSSR count). The highest BCUT2D eigenvalue weighted by molar-refractivity contribution is 5.28. The fraction of sp³-hybridized carbons (Fsp3) is 0.417. The number of aromatic nitrogens is 4. The Labute approximate surface area is 101 Å². The molecule has 1 unspecified atom stereocenters. The molecule has 0 bridgehead atoms. The number of nitrogens with two attached hydrogens (primary N) is 1. The standard InChI is InChI=1S/C12H17N5/c1-4-17-6-5-14-12(17)11(13)10-7-8(2)15-16-9(10)3/h5-7,11H,4,13H2,1-3H3. The summed E-state index contributed by atoms with van der Waals surface area (Å²) in [5.41, 5.74) is 8.97. The van der Waals surface area contributed by atoms with E-state index in [-0.39, 0.29) is 6.04 Å². The van der Waals surface area contributed by atoms with E-state index in [1.54, 1.807) is 6.20 Å². The Balaban J connectivity index is 2.43. The molecule has 2 N–H and O–H groups in total. The normalized spacial score (nSPS) is 12.7. The van der Waals surface area contributed by atoms with Crippen LogP contribution in [0.25, 0.3) is 0 Å². The maximum Gasteiger partial charge on any atom is 0.130 e. The third-order valence-corrected chi connectivity index (χ3v) is 2.84. The summed E-state index contributed by atoms with van der Waals surface area (Å²) < 4.78 is 2.04. The van der Waals surface area contributed by atoms with Crippen LogP contribution in [0.2, 0.25) is 0 Å². The molecule has 0 spiro atoms. The third kappa shape index (κ3) is 2.19. The van der Waals surface area contributed by atoms with Gasteiger partial charge in [-0.05, 0) is 26.8 Å². The lowest BCUT2D eigenvalue weighted by Gasteiger charge is -2.15. The van der Waals surface area contributed by atoms with E-state index in [1.807, 2.05) is 30.7 Å². The Morgan fingerprint density at radius 2 is 2.12 bits per heavy atom. The van der Waals surface area contributed by atoms with E-state index >= 15 is 0 Å². The highest BCUT2D eigenvalue weighted by Crippen LogP contribution is 2.20. The van der Waals surface area contributed by atoms with Gasteiger partial charge >= 0.3 is 0 Å². The number of aryl methyl sites for hydroxylation is 3. The van der Waals surface area contributed by atoms with Crippen molar-refractivity contribution < 1.29 is 0 Å². The van der Waals surface area contributed by atoms with Gasteiger partial charge in [0, 0.05) is 24.5 Å². The Kier molecular flexibility index (Phi) is 3.19. The first-order valence-corrected chi connectivity index (χ1v) is 5.71. The van der Waals surface area contributed by atoms with Crippen molar-refractivity contribution in [2.24, 2.45) is 5.73 Å². The van der Waals surface area contributed by atoms with Gasteiger partial charge in [-0.3, -0.25) is 0 Å². The highest BCUT2D eigenvalue weighted by Gasteiger charge is 2.17. The van der Waals surface area contributed by atoms with Crippen LogP contribution in [0.5, 0.6) is 0 Å². The van der Waals surface area contributed by atoms with Crippen molar-refractivity contribution in [2.75, 3.05) is 0 Å². The summed E-state index contributed by atoms with van der Waals surface area (Å²) in [5.74, 6) is 0.864. The van der Waals surface area contributed by atoms with Crippen LogP contribution in [0.15, 0.2) is 18.5 Å². The van der Waals surface area contributed by atoms with E-state index in [2.05, 4.69) is 22.1 Å². The van der Waals surface area contributed by atoms with Gasteiger partial charge in [-0.25, -0.2) is 4.98 Å². The fourth-order valence-electron chi connectivity index (χ4n) is 1.89. The van der Waals surface area contributed by atoms with Crippen molar-refractivity contribution in [3.8, 4) is 0 Å². The van der Waals surface area contributed by atoms with Gasteiger partial charge in [-0.15, -0.1) is 0 Å². The van der Waals surface area contributed by atoms with Gasteiger partial charge in [0.05, 0.1) is 17.4 Å².